The predicted molar refractivity (Wildman–Crippen MR) is 112 cm³/mol. The Hall–Kier alpha value is -2.82. The molecule has 1 atom stereocenters. The molecule has 0 bridgehead atoms. The Morgan fingerprint density at radius 1 is 1.00 bits per heavy atom. The zero-order valence-electron chi connectivity index (χ0n) is 16.9. The molecule has 28 heavy (non-hydrogen) atoms. The second-order valence-electron chi connectivity index (χ2n) is 8.00. The molecule has 1 saturated heterocycles. The number of hydrogen-bond donors (Lipinski definition) is 1. The number of nitrogens with zero attached hydrogens (tertiary/aromatic N) is 2. The van der Waals surface area contributed by atoms with E-state index in [1.165, 1.54) is 0 Å². The molecule has 0 aromatic heterocycles. The number of hydrogen-bond acceptors (Lipinski definition) is 4. The van der Waals surface area contributed by atoms with Crippen molar-refractivity contribution in [2.75, 3.05) is 13.1 Å². The van der Waals surface area contributed by atoms with Crippen LogP contribution in [0.2, 0.25) is 0 Å². The van der Waals surface area contributed by atoms with Crippen molar-refractivity contribution in [1.29, 1.82) is 0 Å². The first-order valence-corrected chi connectivity index (χ1v) is 9.86. The van der Waals surface area contributed by atoms with E-state index in [-0.39, 0.29) is 0 Å². The normalized spacial score (nSPS) is 16.0. The molecule has 2 aromatic rings. The number of rotatable bonds is 5. The minimum absolute atomic E-state index is 0.404. The Balaban J connectivity index is 1.99. The fraction of sp³-hybridized carbons (Fsp3) is 0.391. The van der Waals surface area contributed by atoms with Crippen LogP contribution in [0.5, 0.6) is 0 Å². The van der Waals surface area contributed by atoms with Crippen molar-refractivity contribution in [1.82, 2.24) is 10.3 Å². The van der Waals surface area contributed by atoms with Crippen molar-refractivity contribution in [3.05, 3.63) is 71.8 Å². The zero-order chi connectivity index (χ0) is 20.0. The summed E-state index contributed by atoms with van der Waals surface area (Å²) in [4.78, 5) is 12.6. The molecule has 0 saturated carbocycles. The molecule has 1 aliphatic rings. The third-order valence-electron chi connectivity index (χ3n) is 4.47. The first-order valence-electron chi connectivity index (χ1n) is 9.86. The van der Waals surface area contributed by atoms with Gasteiger partial charge in [0.05, 0.1) is 5.71 Å². The SMILES string of the molecule is CC(C)(C)OC(=O)N[C@@H](/C(=N/N1CCCC1)c1ccccc1)c1ccccc1. The first kappa shape index (κ1) is 19.9. The summed E-state index contributed by atoms with van der Waals surface area (Å²) in [6.45, 7) is 7.45. The molecular weight excluding hydrogens is 350 g/mol. The van der Waals surface area contributed by atoms with Crippen LogP contribution in [0.1, 0.15) is 50.8 Å². The highest BCUT2D eigenvalue weighted by atomic mass is 16.6. The van der Waals surface area contributed by atoms with Crippen molar-refractivity contribution in [2.24, 2.45) is 5.10 Å². The van der Waals surface area contributed by atoms with Gasteiger partial charge in [-0.25, -0.2) is 4.79 Å². The summed E-state index contributed by atoms with van der Waals surface area (Å²) < 4.78 is 5.53. The molecule has 148 valence electrons. The molecule has 5 heteroatoms. The van der Waals surface area contributed by atoms with Crippen LogP contribution >= 0.6 is 0 Å². The van der Waals surface area contributed by atoms with Crippen molar-refractivity contribution in [3.63, 3.8) is 0 Å². The van der Waals surface area contributed by atoms with Gasteiger partial charge >= 0.3 is 6.09 Å². The van der Waals surface area contributed by atoms with Crippen LogP contribution in [0, 0.1) is 0 Å². The van der Waals surface area contributed by atoms with E-state index in [1.54, 1.807) is 0 Å². The Kier molecular flexibility index (Phi) is 6.34. The van der Waals surface area contributed by atoms with E-state index >= 15 is 0 Å². The lowest BCUT2D eigenvalue weighted by Crippen LogP contribution is -2.39. The van der Waals surface area contributed by atoms with Crippen molar-refractivity contribution < 1.29 is 9.53 Å². The smallest absolute Gasteiger partial charge is 0.408 e. The lowest BCUT2D eigenvalue weighted by Gasteiger charge is -2.26. The minimum atomic E-state index is -0.565. The van der Waals surface area contributed by atoms with Crippen LogP contribution in [-0.4, -0.2) is 35.5 Å². The fourth-order valence-electron chi connectivity index (χ4n) is 3.22. The van der Waals surface area contributed by atoms with Gasteiger partial charge in [0.15, 0.2) is 0 Å². The molecule has 0 radical (unpaired) electrons. The molecule has 0 spiro atoms. The van der Waals surface area contributed by atoms with Crippen molar-refractivity contribution >= 4 is 11.8 Å². The van der Waals surface area contributed by atoms with Gasteiger partial charge in [0, 0.05) is 18.7 Å². The monoisotopic (exact) mass is 379 g/mol. The molecule has 0 aliphatic carbocycles. The Morgan fingerprint density at radius 3 is 2.14 bits per heavy atom. The average Bonchev–Trinajstić information content (AvgIpc) is 3.18. The quantitative estimate of drug-likeness (QED) is 0.763. The Labute approximate surface area is 167 Å². The Morgan fingerprint density at radius 2 is 1.57 bits per heavy atom. The number of alkyl carbamates (subject to hydrolysis) is 1. The molecule has 1 fully saturated rings. The third kappa shape index (κ3) is 5.59. The zero-order valence-corrected chi connectivity index (χ0v) is 16.9. The third-order valence-corrected chi connectivity index (χ3v) is 4.47. The lowest BCUT2D eigenvalue weighted by atomic mass is 9.96. The van der Waals surface area contributed by atoms with E-state index in [1.807, 2.05) is 81.4 Å². The first-order chi connectivity index (χ1) is 13.4. The van der Waals surface area contributed by atoms with Gasteiger partial charge in [-0.05, 0) is 39.2 Å². The van der Waals surface area contributed by atoms with Crippen molar-refractivity contribution in [3.8, 4) is 0 Å². The summed E-state index contributed by atoms with van der Waals surface area (Å²) in [5.74, 6) is 0. The highest BCUT2D eigenvalue weighted by molar-refractivity contribution is 6.06. The number of ether oxygens (including phenoxy) is 1. The Bertz CT molecular complexity index is 792. The predicted octanol–water partition coefficient (Wildman–Crippen LogP) is 4.75. The molecular formula is C23H29N3O2. The highest BCUT2D eigenvalue weighted by Crippen LogP contribution is 2.22. The lowest BCUT2D eigenvalue weighted by molar-refractivity contribution is 0.0517. The minimum Gasteiger partial charge on any atom is -0.444 e. The fourth-order valence-corrected chi connectivity index (χ4v) is 3.22. The summed E-state index contributed by atoms with van der Waals surface area (Å²) >= 11 is 0. The summed E-state index contributed by atoms with van der Waals surface area (Å²) in [6.07, 6.45) is 1.83. The topological polar surface area (TPSA) is 53.9 Å². The van der Waals surface area contributed by atoms with Gasteiger partial charge in [-0.2, -0.15) is 5.10 Å². The van der Waals surface area contributed by atoms with E-state index < -0.39 is 17.7 Å². The van der Waals surface area contributed by atoms with Gasteiger partial charge in [0.25, 0.3) is 0 Å². The number of nitrogens with one attached hydrogen (secondary N) is 1. The van der Waals surface area contributed by atoms with Gasteiger partial charge in [-0.3, -0.25) is 5.01 Å². The molecule has 1 aliphatic heterocycles. The summed E-state index contributed by atoms with van der Waals surface area (Å²) in [7, 11) is 0. The van der Waals surface area contributed by atoms with E-state index in [0.717, 1.165) is 42.8 Å². The summed E-state index contributed by atoms with van der Waals surface area (Å²) in [6, 6.07) is 19.5. The molecule has 3 rings (SSSR count). The van der Waals surface area contributed by atoms with Crippen molar-refractivity contribution in [2.45, 2.75) is 45.3 Å². The number of hydrazone groups is 1. The van der Waals surface area contributed by atoms with E-state index in [2.05, 4.69) is 10.3 Å². The average molecular weight is 380 g/mol. The largest absolute Gasteiger partial charge is 0.444 e. The van der Waals surface area contributed by atoms with Gasteiger partial charge in [-0.1, -0.05) is 60.7 Å². The molecule has 0 unspecified atom stereocenters. The van der Waals surface area contributed by atoms with Crippen LogP contribution in [0.4, 0.5) is 4.79 Å². The van der Waals surface area contributed by atoms with Gasteiger partial charge in [-0.15, -0.1) is 0 Å². The van der Waals surface area contributed by atoms with Crippen LogP contribution in [0.15, 0.2) is 65.8 Å². The maximum absolute atomic E-state index is 12.6. The van der Waals surface area contributed by atoms with Gasteiger partial charge in [0.1, 0.15) is 11.6 Å². The van der Waals surface area contributed by atoms with E-state index in [4.69, 9.17) is 9.84 Å². The molecule has 5 nitrogen and oxygen atoms in total. The number of amides is 1. The summed E-state index contributed by atoms with van der Waals surface area (Å²) in [5, 5.41) is 10.1. The number of carbonyl (C=O) groups is 1. The highest BCUT2D eigenvalue weighted by Gasteiger charge is 2.26. The maximum Gasteiger partial charge on any atom is 0.408 e. The number of benzene rings is 2. The maximum atomic E-state index is 12.6. The van der Waals surface area contributed by atoms with Crippen LogP contribution in [0.25, 0.3) is 0 Å². The second kappa shape index (κ2) is 8.91. The van der Waals surface area contributed by atoms with E-state index in [0.29, 0.717) is 0 Å². The van der Waals surface area contributed by atoms with Gasteiger partial charge in [0.2, 0.25) is 0 Å². The van der Waals surface area contributed by atoms with Crippen LogP contribution in [-0.2, 0) is 4.74 Å². The molecule has 1 amide bonds. The van der Waals surface area contributed by atoms with Gasteiger partial charge < -0.3 is 10.1 Å². The van der Waals surface area contributed by atoms with Crippen LogP contribution in [0.3, 0.4) is 0 Å². The summed E-state index contributed by atoms with van der Waals surface area (Å²) in [5.41, 5.74) is 2.21. The van der Waals surface area contributed by atoms with E-state index in [9.17, 15) is 4.79 Å². The van der Waals surface area contributed by atoms with Crippen LogP contribution < -0.4 is 5.32 Å². The number of carbonyl (C=O) groups excluding carboxylic acids is 1. The molecule has 2 aromatic carbocycles. The molecule has 1 N–H and O–H groups in total. The molecule has 1 heterocycles. The standard InChI is InChI=1S/C23H29N3O2/c1-23(2,3)28-22(27)24-20(18-12-6-4-7-13-18)21(19-14-8-5-9-15-19)25-26-16-10-11-17-26/h4-9,12-15,20H,10-11,16-17H2,1-3H3,(H,24,27)/b25-21+/t20-/m1/s1. The second-order valence-corrected chi connectivity index (χ2v) is 8.00.